The predicted octanol–water partition coefficient (Wildman–Crippen LogP) is 1.78. The number of aromatic amines is 1. The fraction of sp³-hybridized carbons (Fsp3) is 0.438. The molecule has 0 fully saturated rings. The highest BCUT2D eigenvalue weighted by atomic mass is 32.2. The third kappa shape index (κ3) is 3.56. The highest BCUT2D eigenvalue weighted by molar-refractivity contribution is 7.91. The minimum atomic E-state index is -3.11. The normalized spacial score (nSPS) is 15.1. The number of nitrogens with zero attached hydrogens (tertiary/aromatic N) is 1. The van der Waals surface area contributed by atoms with Gasteiger partial charge in [-0.05, 0) is 38.4 Å². The van der Waals surface area contributed by atoms with Gasteiger partial charge in [0.2, 0.25) is 0 Å². The summed E-state index contributed by atoms with van der Waals surface area (Å²) in [6.45, 7) is 3.96. The van der Waals surface area contributed by atoms with Crippen molar-refractivity contribution in [2.24, 2.45) is 0 Å². The van der Waals surface area contributed by atoms with E-state index in [4.69, 9.17) is 0 Å². The molecule has 0 aliphatic heterocycles. The first-order valence-electron chi connectivity index (χ1n) is 7.20. The molecule has 1 heterocycles. The van der Waals surface area contributed by atoms with E-state index >= 15 is 0 Å². The molecule has 2 rings (SSSR count). The maximum Gasteiger partial charge on any atom is 0.252 e. The molecule has 2 atom stereocenters. The molecule has 0 bridgehead atoms. The van der Waals surface area contributed by atoms with Crippen molar-refractivity contribution in [3.05, 3.63) is 46.2 Å². The fourth-order valence-corrected chi connectivity index (χ4v) is 3.36. The van der Waals surface area contributed by atoms with Crippen molar-refractivity contribution in [1.82, 2.24) is 9.88 Å². The van der Waals surface area contributed by atoms with Gasteiger partial charge in [0.25, 0.3) is 5.56 Å². The van der Waals surface area contributed by atoms with E-state index < -0.39 is 15.1 Å². The van der Waals surface area contributed by atoms with E-state index in [1.54, 1.807) is 6.92 Å². The number of pyridine rings is 1. The second-order valence-corrected chi connectivity index (χ2v) is 8.30. The predicted molar refractivity (Wildman–Crippen MR) is 89.8 cm³/mol. The van der Waals surface area contributed by atoms with E-state index in [2.05, 4.69) is 4.98 Å². The van der Waals surface area contributed by atoms with Gasteiger partial charge in [-0.2, -0.15) is 0 Å². The molecule has 0 unspecified atom stereocenters. The van der Waals surface area contributed by atoms with Crippen LogP contribution >= 0.6 is 0 Å². The third-order valence-corrected chi connectivity index (χ3v) is 6.04. The number of aromatic nitrogens is 1. The Labute approximate surface area is 130 Å². The molecule has 1 N–H and O–H groups in total. The number of hydrogen-bond donors (Lipinski definition) is 1. The summed E-state index contributed by atoms with van der Waals surface area (Å²) in [5, 5.41) is 0.478. The summed E-state index contributed by atoms with van der Waals surface area (Å²) >= 11 is 0. The summed E-state index contributed by atoms with van der Waals surface area (Å²) in [6, 6.07) is 9.28. The van der Waals surface area contributed by atoms with Crippen molar-refractivity contribution in [2.75, 3.05) is 13.3 Å². The molecular weight excluding hydrogens is 300 g/mol. The van der Waals surface area contributed by atoms with Crippen LogP contribution < -0.4 is 5.56 Å². The lowest BCUT2D eigenvalue weighted by Gasteiger charge is -2.28. The van der Waals surface area contributed by atoms with Crippen molar-refractivity contribution in [1.29, 1.82) is 0 Å². The Balaban J connectivity index is 2.27. The van der Waals surface area contributed by atoms with Gasteiger partial charge >= 0.3 is 0 Å². The van der Waals surface area contributed by atoms with E-state index in [1.165, 1.54) is 6.26 Å². The minimum Gasteiger partial charge on any atom is -0.322 e. The van der Waals surface area contributed by atoms with Crippen LogP contribution in [0.2, 0.25) is 0 Å². The van der Waals surface area contributed by atoms with Crippen LogP contribution in [0.15, 0.2) is 35.1 Å². The molecule has 0 aliphatic rings. The van der Waals surface area contributed by atoms with Gasteiger partial charge in [0.05, 0.1) is 5.25 Å². The summed E-state index contributed by atoms with van der Waals surface area (Å²) in [6.07, 6.45) is 1.24. The molecule has 6 heteroatoms. The molecule has 5 nitrogen and oxygen atoms in total. The van der Waals surface area contributed by atoms with Gasteiger partial charge in [-0.3, -0.25) is 9.69 Å². The Morgan fingerprint density at radius 3 is 2.50 bits per heavy atom. The largest absolute Gasteiger partial charge is 0.322 e. The highest BCUT2D eigenvalue weighted by Crippen LogP contribution is 2.14. The van der Waals surface area contributed by atoms with Crippen LogP contribution in [0.1, 0.15) is 19.4 Å². The first kappa shape index (κ1) is 16.7. The molecule has 0 radical (unpaired) electrons. The molecule has 0 saturated carbocycles. The number of fused-ring (bicyclic) bond motifs is 1. The van der Waals surface area contributed by atoms with E-state index in [0.29, 0.717) is 12.1 Å². The van der Waals surface area contributed by atoms with Gasteiger partial charge in [0, 0.05) is 29.9 Å². The molecule has 0 saturated heterocycles. The average Bonchev–Trinajstić information content (AvgIpc) is 2.45. The third-order valence-electron chi connectivity index (χ3n) is 4.30. The molecule has 1 aromatic heterocycles. The lowest BCUT2D eigenvalue weighted by molar-refractivity contribution is 0.244. The quantitative estimate of drug-likeness (QED) is 0.911. The molecule has 0 aliphatic carbocycles. The maximum absolute atomic E-state index is 12.2. The van der Waals surface area contributed by atoms with Crippen molar-refractivity contribution in [3.63, 3.8) is 0 Å². The molecule has 120 valence electrons. The zero-order chi connectivity index (χ0) is 16.5. The summed E-state index contributed by atoms with van der Waals surface area (Å²) < 4.78 is 23.4. The molecule has 0 spiro atoms. The van der Waals surface area contributed by atoms with Crippen molar-refractivity contribution < 1.29 is 8.42 Å². The number of benzene rings is 1. The SMILES string of the molecule is C[C@H]([C@H](C)S(C)(=O)=O)N(C)Cc1cc2ccccc2[nH]c1=O. The first-order chi connectivity index (χ1) is 10.2. The van der Waals surface area contributed by atoms with Crippen molar-refractivity contribution in [2.45, 2.75) is 31.7 Å². The molecular formula is C16H22N2O3S. The Morgan fingerprint density at radius 1 is 1.23 bits per heavy atom. The average molecular weight is 322 g/mol. The van der Waals surface area contributed by atoms with Crippen LogP contribution in [0, 0.1) is 0 Å². The van der Waals surface area contributed by atoms with Gasteiger partial charge in [-0.1, -0.05) is 18.2 Å². The number of rotatable bonds is 5. The molecule has 22 heavy (non-hydrogen) atoms. The Morgan fingerprint density at radius 2 is 1.86 bits per heavy atom. The van der Waals surface area contributed by atoms with Crippen LogP contribution in [0.3, 0.4) is 0 Å². The van der Waals surface area contributed by atoms with E-state index in [0.717, 1.165) is 10.9 Å². The van der Waals surface area contributed by atoms with Crippen LogP contribution in [0.25, 0.3) is 10.9 Å². The molecule has 2 aromatic rings. The maximum atomic E-state index is 12.2. The lowest BCUT2D eigenvalue weighted by Crippen LogP contribution is -2.41. The summed E-state index contributed by atoms with van der Waals surface area (Å²) in [7, 11) is -1.28. The number of H-pyrrole nitrogens is 1. The topological polar surface area (TPSA) is 70.2 Å². The monoisotopic (exact) mass is 322 g/mol. The Hall–Kier alpha value is -1.66. The summed E-state index contributed by atoms with van der Waals surface area (Å²) in [5.41, 5.74) is 1.30. The standard InChI is InChI=1S/C16H22N2O3S/c1-11(12(2)22(4,20)21)18(3)10-14-9-13-7-5-6-8-15(13)17-16(14)19/h5-9,11-12H,10H2,1-4H3,(H,17,19)/t11-,12+/m1/s1. The van der Waals surface area contributed by atoms with E-state index in [1.807, 2.05) is 49.2 Å². The van der Waals surface area contributed by atoms with Crippen LogP contribution in [-0.2, 0) is 16.4 Å². The molecule has 1 aromatic carbocycles. The zero-order valence-electron chi connectivity index (χ0n) is 13.3. The second-order valence-electron chi connectivity index (χ2n) is 5.90. The number of sulfone groups is 1. The summed E-state index contributed by atoms with van der Waals surface area (Å²) in [5.74, 6) is 0. The second kappa shape index (κ2) is 6.22. The first-order valence-corrected chi connectivity index (χ1v) is 9.15. The molecule has 0 amide bonds. The van der Waals surface area contributed by atoms with Gasteiger partial charge < -0.3 is 4.98 Å². The minimum absolute atomic E-state index is 0.134. The van der Waals surface area contributed by atoms with Crippen LogP contribution in [-0.4, -0.2) is 42.9 Å². The Bertz CT molecular complexity index is 827. The van der Waals surface area contributed by atoms with Gasteiger partial charge in [0.15, 0.2) is 9.84 Å². The van der Waals surface area contributed by atoms with Gasteiger partial charge in [-0.15, -0.1) is 0 Å². The van der Waals surface area contributed by atoms with E-state index in [9.17, 15) is 13.2 Å². The van der Waals surface area contributed by atoms with Crippen molar-refractivity contribution in [3.8, 4) is 0 Å². The fourth-order valence-electron chi connectivity index (χ4n) is 2.44. The smallest absolute Gasteiger partial charge is 0.252 e. The van der Waals surface area contributed by atoms with Crippen LogP contribution in [0.4, 0.5) is 0 Å². The number of hydrogen-bond acceptors (Lipinski definition) is 4. The van der Waals surface area contributed by atoms with Gasteiger partial charge in [0.1, 0.15) is 0 Å². The lowest BCUT2D eigenvalue weighted by atomic mass is 10.1. The Kier molecular flexibility index (Phi) is 4.72. The van der Waals surface area contributed by atoms with Crippen LogP contribution in [0.5, 0.6) is 0 Å². The van der Waals surface area contributed by atoms with Crippen molar-refractivity contribution >= 4 is 20.7 Å². The zero-order valence-corrected chi connectivity index (χ0v) is 14.1. The van der Waals surface area contributed by atoms with E-state index in [-0.39, 0.29) is 11.6 Å². The van der Waals surface area contributed by atoms with Gasteiger partial charge in [-0.25, -0.2) is 8.42 Å². The highest BCUT2D eigenvalue weighted by Gasteiger charge is 2.25. The number of nitrogens with one attached hydrogen (secondary N) is 1. The summed E-state index contributed by atoms with van der Waals surface area (Å²) in [4.78, 5) is 16.9. The number of para-hydroxylation sites is 1.